The van der Waals surface area contributed by atoms with Crippen LogP contribution in [0.25, 0.3) is 0 Å². The first-order valence-electron chi connectivity index (χ1n) is 7.67. The number of carbonyl (C=O) groups excluding carboxylic acids is 1. The number of halogens is 3. The van der Waals surface area contributed by atoms with Crippen molar-refractivity contribution in [2.24, 2.45) is 5.73 Å². The summed E-state index contributed by atoms with van der Waals surface area (Å²) < 4.78 is 38.7. The van der Waals surface area contributed by atoms with Crippen molar-refractivity contribution in [2.45, 2.75) is 31.6 Å². The molecular formula is C18H17F3N2O. The van der Waals surface area contributed by atoms with Gasteiger partial charge >= 0.3 is 6.18 Å². The lowest BCUT2D eigenvalue weighted by atomic mass is 9.87. The predicted molar refractivity (Wildman–Crippen MR) is 85.5 cm³/mol. The van der Waals surface area contributed by atoms with Crippen molar-refractivity contribution in [1.82, 2.24) is 0 Å². The SMILES string of the molecule is CCc1ccc([C@@H]2[C@H](N)C(=O)N2c2cccc(C(F)(F)F)c2)cc1. The number of anilines is 1. The number of nitrogens with two attached hydrogens (primary N) is 1. The first-order chi connectivity index (χ1) is 11.3. The van der Waals surface area contributed by atoms with E-state index in [1.54, 1.807) is 0 Å². The number of carbonyl (C=O) groups is 1. The average molecular weight is 334 g/mol. The third-order valence-corrected chi connectivity index (χ3v) is 4.32. The second-order valence-corrected chi connectivity index (χ2v) is 5.82. The van der Waals surface area contributed by atoms with Crippen molar-refractivity contribution in [3.8, 4) is 0 Å². The van der Waals surface area contributed by atoms with E-state index in [1.165, 1.54) is 17.0 Å². The fourth-order valence-corrected chi connectivity index (χ4v) is 2.94. The van der Waals surface area contributed by atoms with Gasteiger partial charge in [-0.3, -0.25) is 4.79 Å². The van der Waals surface area contributed by atoms with Crippen LogP contribution in [0.15, 0.2) is 48.5 Å². The summed E-state index contributed by atoms with van der Waals surface area (Å²) in [6.07, 6.45) is -3.57. The van der Waals surface area contributed by atoms with Crippen LogP contribution in [-0.2, 0) is 17.4 Å². The molecule has 0 bridgehead atoms. The lowest BCUT2D eigenvalue weighted by molar-refractivity contribution is -0.137. The highest BCUT2D eigenvalue weighted by Gasteiger charge is 2.47. The minimum atomic E-state index is -4.45. The van der Waals surface area contributed by atoms with Gasteiger partial charge in [0.05, 0.1) is 11.6 Å². The minimum Gasteiger partial charge on any atom is -0.318 e. The summed E-state index contributed by atoms with van der Waals surface area (Å²) in [5.74, 6) is -0.376. The van der Waals surface area contributed by atoms with E-state index in [4.69, 9.17) is 5.73 Å². The average Bonchev–Trinajstić information content (AvgIpc) is 2.58. The minimum absolute atomic E-state index is 0.209. The van der Waals surface area contributed by atoms with E-state index in [9.17, 15) is 18.0 Å². The molecular weight excluding hydrogens is 317 g/mol. The molecule has 2 atom stereocenters. The van der Waals surface area contributed by atoms with Gasteiger partial charge < -0.3 is 10.6 Å². The largest absolute Gasteiger partial charge is 0.416 e. The first kappa shape index (κ1) is 16.5. The molecule has 0 aromatic heterocycles. The van der Waals surface area contributed by atoms with Crippen LogP contribution in [-0.4, -0.2) is 11.9 Å². The highest BCUT2D eigenvalue weighted by atomic mass is 19.4. The van der Waals surface area contributed by atoms with Gasteiger partial charge in [-0.1, -0.05) is 37.3 Å². The van der Waals surface area contributed by atoms with Crippen LogP contribution in [0, 0.1) is 0 Å². The summed E-state index contributed by atoms with van der Waals surface area (Å²) in [6.45, 7) is 2.03. The fourth-order valence-electron chi connectivity index (χ4n) is 2.94. The quantitative estimate of drug-likeness (QED) is 0.871. The molecule has 1 fully saturated rings. The number of alkyl halides is 3. The van der Waals surface area contributed by atoms with Gasteiger partial charge in [0.1, 0.15) is 6.04 Å². The van der Waals surface area contributed by atoms with Gasteiger partial charge in [-0.2, -0.15) is 13.2 Å². The standard InChI is InChI=1S/C18H17F3N2O/c1-2-11-6-8-12(9-7-11)16-15(22)17(24)23(16)14-5-3-4-13(10-14)18(19,20)21/h3-10,15-16H,2,22H2,1H3/t15-,16+/m0/s1. The molecule has 2 aromatic carbocycles. The third kappa shape index (κ3) is 2.78. The van der Waals surface area contributed by atoms with E-state index in [1.807, 2.05) is 31.2 Å². The maximum absolute atomic E-state index is 12.9. The molecule has 24 heavy (non-hydrogen) atoms. The van der Waals surface area contributed by atoms with E-state index in [-0.39, 0.29) is 11.6 Å². The fraction of sp³-hybridized carbons (Fsp3) is 0.278. The van der Waals surface area contributed by atoms with Crippen LogP contribution in [0.2, 0.25) is 0 Å². The van der Waals surface area contributed by atoms with Gasteiger partial charge in [-0.25, -0.2) is 0 Å². The van der Waals surface area contributed by atoms with Crippen LogP contribution >= 0.6 is 0 Å². The van der Waals surface area contributed by atoms with Crippen molar-refractivity contribution in [3.05, 3.63) is 65.2 Å². The van der Waals surface area contributed by atoms with Crippen LogP contribution < -0.4 is 10.6 Å². The zero-order valence-corrected chi connectivity index (χ0v) is 13.0. The first-order valence-corrected chi connectivity index (χ1v) is 7.67. The van der Waals surface area contributed by atoms with Gasteiger partial charge in [0, 0.05) is 5.69 Å². The van der Waals surface area contributed by atoms with Gasteiger partial charge in [-0.15, -0.1) is 0 Å². The smallest absolute Gasteiger partial charge is 0.318 e. The van der Waals surface area contributed by atoms with Crippen LogP contribution in [0.3, 0.4) is 0 Å². The summed E-state index contributed by atoms with van der Waals surface area (Å²) in [5.41, 5.74) is 7.29. The molecule has 1 aliphatic rings. The van der Waals surface area contributed by atoms with Gasteiger partial charge in [0.25, 0.3) is 0 Å². The number of benzene rings is 2. The number of amides is 1. The summed E-state index contributed by atoms with van der Waals surface area (Å²) in [6, 6.07) is 11.2. The van der Waals surface area contributed by atoms with E-state index in [2.05, 4.69) is 0 Å². The Labute approximate surface area is 137 Å². The van der Waals surface area contributed by atoms with Gasteiger partial charge in [0.15, 0.2) is 0 Å². The Kier molecular flexibility index (Phi) is 4.09. The van der Waals surface area contributed by atoms with Crippen molar-refractivity contribution >= 4 is 11.6 Å². The second kappa shape index (κ2) is 5.94. The molecule has 2 aromatic rings. The topological polar surface area (TPSA) is 46.3 Å². The van der Waals surface area contributed by atoms with E-state index < -0.39 is 23.8 Å². The Bertz CT molecular complexity index is 756. The number of β-lactam (4-membered cyclic amide) rings is 1. The zero-order chi connectivity index (χ0) is 17.5. The molecule has 3 nitrogen and oxygen atoms in total. The maximum atomic E-state index is 12.9. The molecule has 2 N–H and O–H groups in total. The number of hydrogen-bond donors (Lipinski definition) is 1. The van der Waals surface area contributed by atoms with Gasteiger partial charge in [0.2, 0.25) is 5.91 Å². The Balaban J connectivity index is 1.95. The molecule has 0 unspecified atom stereocenters. The molecule has 3 rings (SSSR count). The normalized spacial score (nSPS) is 20.9. The van der Waals surface area contributed by atoms with E-state index >= 15 is 0 Å². The van der Waals surface area contributed by atoms with E-state index in [0.29, 0.717) is 0 Å². The Morgan fingerprint density at radius 1 is 1.12 bits per heavy atom. The number of aryl methyl sites for hydroxylation is 1. The van der Waals surface area contributed by atoms with Crippen molar-refractivity contribution in [2.75, 3.05) is 4.90 Å². The van der Waals surface area contributed by atoms with Crippen molar-refractivity contribution in [3.63, 3.8) is 0 Å². The Morgan fingerprint density at radius 2 is 1.79 bits per heavy atom. The summed E-state index contributed by atoms with van der Waals surface area (Å²) in [7, 11) is 0. The predicted octanol–water partition coefficient (Wildman–Crippen LogP) is 3.68. The van der Waals surface area contributed by atoms with E-state index in [0.717, 1.165) is 29.7 Å². The van der Waals surface area contributed by atoms with Crippen molar-refractivity contribution < 1.29 is 18.0 Å². The molecule has 1 heterocycles. The molecule has 0 radical (unpaired) electrons. The van der Waals surface area contributed by atoms with Crippen molar-refractivity contribution in [1.29, 1.82) is 0 Å². The summed E-state index contributed by atoms with van der Waals surface area (Å²) >= 11 is 0. The molecule has 1 amide bonds. The molecule has 0 aliphatic carbocycles. The Hall–Kier alpha value is -2.34. The number of nitrogens with zero attached hydrogens (tertiary/aromatic N) is 1. The lowest BCUT2D eigenvalue weighted by Crippen LogP contribution is -2.63. The number of rotatable bonds is 3. The second-order valence-electron chi connectivity index (χ2n) is 5.82. The Morgan fingerprint density at radius 3 is 2.38 bits per heavy atom. The highest BCUT2D eigenvalue weighted by Crippen LogP contribution is 2.40. The molecule has 1 aliphatic heterocycles. The monoisotopic (exact) mass is 334 g/mol. The van der Waals surface area contributed by atoms with Gasteiger partial charge in [-0.05, 0) is 35.7 Å². The molecule has 0 spiro atoms. The summed E-state index contributed by atoms with van der Waals surface area (Å²) in [4.78, 5) is 13.5. The zero-order valence-electron chi connectivity index (χ0n) is 13.0. The van der Waals surface area contributed by atoms with Crippen LogP contribution in [0.1, 0.15) is 29.7 Å². The molecule has 0 saturated carbocycles. The molecule has 6 heteroatoms. The maximum Gasteiger partial charge on any atom is 0.416 e. The third-order valence-electron chi connectivity index (χ3n) is 4.32. The molecule has 126 valence electrons. The number of hydrogen-bond acceptors (Lipinski definition) is 2. The van der Waals surface area contributed by atoms with Crippen LogP contribution in [0.5, 0.6) is 0 Å². The van der Waals surface area contributed by atoms with Crippen LogP contribution in [0.4, 0.5) is 18.9 Å². The lowest BCUT2D eigenvalue weighted by Gasteiger charge is -2.45. The summed E-state index contributed by atoms with van der Waals surface area (Å²) in [5, 5.41) is 0. The highest BCUT2D eigenvalue weighted by molar-refractivity contribution is 6.05. The molecule has 1 saturated heterocycles.